The third-order valence-corrected chi connectivity index (χ3v) is 2.03. The molecule has 0 unspecified atom stereocenters. The fraction of sp³-hybridized carbons (Fsp3) is 0.111. The van der Waals surface area contributed by atoms with E-state index in [1.807, 2.05) is 0 Å². The van der Waals surface area contributed by atoms with Crippen molar-refractivity contribution in [1.82, 2.24) is 19.7 Å². The molecule has 0 aliphatic rings. The number of nitrogens with zero attached hydrogens (tertiary/aromatic N) is 3. The molecule has 2 rings (SSSR count). The van der Waals surface area contributed by atoms with Gasteiger partial charge in [0.05, 0.1) is 12.0 Å². The van der Waals surface area contributed by atoms with Crippen LogP contribution in [0.1, 0.15) is 16.1 Å². The normalized spacial score (nSPS) is 10.3. The van der Waals surface area contributed by atoms with Crippen molar-refractivity contribution >= 4 is 5.97 Å². The van der Waals surface area contributed by atoms with Crippen LogP contribution in [0.5, 0.6) is 0 Å². The van der Waals surface area contributed by atoms with Gasteiger partial charge in [0.1, 0.15) is 5.56 Å². The highest BCUT2D eigenvalue weighted by molar-refractivity contribution is 5.88. The quantitative estimate of drug-likeness (QED) is 0.739. The number of hydrogen-bond donors (Lipinski definition) is 2. The molecule has 2 aromatic rings. The summed E-state index contributed by atoms with van der Waals surface area (Å²) in [5.41, 5.74) is 0.131. The van der Waals surface area contributed by atoms with E-state index in [-0.39, 0.29) is 16.9 Å². The van der Waals surface area contributed by atoms with Crippen LogP contribution in [-0.4, -0.2) is 30.8 Å². The number of rotatable bonds is 2. The highest BCUT2D eigenvalue weighted by Crippen LogP contribution is 2.08. The Balaban J connectivity index is 2.53. The molecule has 0 bridgehead atoms. The first-order valence-corrected chi connectivity index (χ1v) is 4.42. The van der Waals surface area contributed by atoms with Gasteiger partial charge in [-0.2, -0.15) is 5.10 Å². The SMILES string of the molecule is Cc1nn(-c2cc(=O)[nH]cn2)cc1C(=O)O. The highest BCUT2D eigenvalue weighted by Gasteiger charge is 2.12. The number of aromatic carboxylic acids is 1. The van der Waals surface area contributed by atoms with E-state index in [2.05, 4.69) is 15.1 Å². The molecule has 0 aromatic carbocycles. The second kappa shape index (κ2) is 3.61. The van der Waals surface area contributed by atoms with Crippen molar-refractivity contribution in [2.75, 3.05) is 0 Å². The Morgan fingerprint density at radius 1 is 1.56 bits per heavy atom. The van der Waals surface area contributed by atoms with Crippen molar-refractivity contribution in [3.63, 3.8) is 0 Å². The molecular formula is C9H8N4O3. The molecule has 0 spiro atoms. The smallest absolute Gasteiger partial charge is 0.339 e. The number of aromatic nitrogens is 4. The summed E-state index contributed by atoms with van der Waals surface area (Å²) in [6.45, 7) is 1.58. The van der Waals surface area contributed by atoms with Crippen molar-refractivity contribution in [3.8, 4) is 5.82 Å². The van der Waals surface area contributed by atoms with Gasteiger partial charge in [0.15, 0.2) is 5.82 Å². The number of aromatic amines is 1. The van der Waals surface area contributed by atoms with Crippen LogP contribution < -0.4 is 5.56 Å². The monoisotopic (exact) mass is 220 g/mol. The van der Waals surface area contributed by atoms with E-state index in [1.54, 1.807) is 6.92 Å². The van der Waals surface area contributed by atoms with Crippen LogP contribution >= 0.6 is 0 Å². The van der Waals surface area contributed by atoms with Crippen LogP contribution in [0, 0.1) is 6.92 Å². The molecule has 7 heteroatoms. The van der Waals surface area contributed by atoms with E-state index in [4.69, 9.17) is 5.11 Å². The lowest BCUT2D eigenvalue weighted by Gasteiger charge is -1.96. The molecular weight excluding hydrogens is 212 g/mol. The number of H-pyrrole nitrogens is 1. The van der Waals surface area contributed by atoms with Crippen LogP contribution in [0.4, 0.5) is 0 Å². The number of carbonyl (C=O) groups is 1. The van der Waals surface area contributed by atoms with Crippen molar-refractivity contribution in [2.45, 2.75) is 6.92 Å². The molecule has 0 amide bonds. The Hall–Kier alpha value is -2.44. The molecule has 0 radical (unpaired) electrons. The number of aryl methyl sites for hydroxylation is 1. The lowest BCUT2D eigenvalue weighted by atomic mass is 10.3. The molecule has 0 saturated carbocycles. The summed E-state index contributed by atoms with van der Waals surface area (Å²) in [7, 11) is 0. The van der Waals surface area contributed by atoms with Crippen molar-refractivity contribution in [2.24, 2.45) is 0 Å². The van der Waals surface area contributed by atoms with Gasteiger partial charge in [0, 0.05) is 12.3 Å². The van der Waals surface area contributed by atoms with E-state index in [1.165, 1.54) is 23.3 Å². The number of carboxylic acid groups (broad SMARTS) is 1. The van der Waals surface area contributed by atoms with Crippen LogP contribution in [0.2, 0.25) is 0 Å². The van der Waals surface area contributed by atoms with Crippen LogP contribution in [0.25, 0.3) is 5.82 Å². The first-order valence-electron chi connectivity index (χ1n) is 4.42. The zero-order valence-corrected chi connectivity index (χ0v) is 8.34. The Bertz CT molecular complexity index is 599. The van der Waals surface area contributed by atoms with E-state index in [0.717, 1.165) is 0 Å². The topological polar surface area (TPSA) is 101 Å². The fourth-order valence-corrected chi connectivity index (χ4v) is 1.27. The Morgan fingerprint density at radius 3 is 2.88 bits per heavy atom. The Labute approximate surface area is 89.4 Å². The number of carboxylic acids is 1. The minimum atomic E-state index is -1.06. The number of hydrogen-bond acceptors (Lipinski definition) is 4. The molecule has 7 nitrogen and oxygen atoms in total. The molecule has 0 aliphatic carbocycles. The molecule has 82 valence electrons. The van der Waals surface area contributed by atoms with Crippen molar-refractivity contribution in [1.29, 1.82) is 0 Å². The summed E-state index contributed by atoms with van der Waals surface area (Å²) in [5, 5.41) is 12.8. The minimum absolute atomic E-state index is 0.0853. The molecule has 0 aliphatic heterocycles. The zero-order chi connectivity index (χ0) is 11.7. The van der Waals surface area contributed by atoms with E-state index in [0.29, 0.717) is 5.69 Å². The van der Waals surface area contributed by atoms with Gasteiger partial charge in [0.25, 0.3) is 5.56 Å². The first-order chi connectivity index (χ1) is 7.58. The lowest BCUT2D eigenvalue weighted by molar-refractivity contribution is 0.0696. The maximum atomic E-state index is 11.0. The molecule has 0 fully saturated rings. The van der Waals surface area contributed by atoms with Crippen LogP contribution in [0.3, 0.4) is 0 Å². The number of nitrogens with one attached hydrogen (secondary N) is 1. The zero-order valence-electron chi connectivity index (χ0n) is 8.34. The van der Waals surface area contributed by atoms with Gasteiger partial charge in [-0.15, -0.1) is 0 Å². The molecule has 2 N–H and O–H groups in total. The first kappa shape index (κ1) is 10.1. The summed E-state index contributed by atoms with van der Waals surface area (Å²) in [5.74, 6) is -0.784. The van der Waals surface area contributed by atoms with E-state index in [9.17, 15) is 9.59 Å². The standard InChI is InChI=1S/C9H8N4O3/c1-5-6(9(15)16)3-13(12-5)7-2-8(14)11-4-10-7/h2-4H,1H3,(H,15,16)(H,10,11,14). The fourth-order valence-electron chi connectivity index (χ4n) is 1.27. The molecule has 0 atom stereocenters. The van der Waals surface area contributed by atoms with Gasteiger partial charge in [-0.05, 0) is 6.92 Å². The van der Waals surface area contributed by atoms with Gasteiger partial charge in [-0.1, -0.05) is 0 Å². The van der Waals surface area contributed by atoms with Crippen LogP contribution in [-0.2, 0) is 0 Å². The van der Waals surface area contributed by atoms with Gasteiger partial charge in [-0.3, -0.25) is 4.79 Å². The lowest BCUT2D eigenvalue weighted by Crippen LogP contribution is -2.09. The van der Waals surface area contributed by atoms with Crippen LogP contribution in [0.15, 0.2) is 23.4 Å². The Kier molecular flexibility index (Phi) is 2.28. The summed E-state index contributed by atoms with van der Waals surface area (Å²) in [4.78, 5) is 28.1. The Morgan fingerprint density at radius 2 is 2.31 bits per heavy atom. The summed E-state index contributed by atoms with van der Waals surface area (Å²) in [6, 6.07) is 1.23. The van der Waals surface area contributed by atoms with Crippen molar-refractivity contribution < 1.29 is 9.90 Å². The summed E-state index contributed by atoms with van der Waals surface area (Å²) >= 11 is 0. The molecule has 16 heavy (non-hydrogen) atoms. The van der Waals surface area contributed by atoms with Gasteiger partial charge < -0.3 is 10.1 Å². The second-order valence-corrected chi connectivity index (χ2v) is 3.15. The van der Waals surface area contributed by atoms with Gasteiger partial charge in [0.2, 0.25) is 0 Å². The average Bonchev–Trinajstić information content (AvgIpc) is 2.60. The van der Waals surface area contributed by atoms with E-state index < -0.39 is 5.97 Å². The van der Waals surface area contributed by atoms with Crippen molar-refractivity contribution in [3.05, 3.63) is 40.2 Å². The second-order valence-electron chi connectivity index (χ2n) is 3.15. The van der Waals surface area contributed by atoms with Gasteiger partial charge >= 0.3 is 5.97 Å². The maximum absolute atomic E-state index is 11.0. The predicted octanol–water partition coefficient (Wildman–Crippen LogP) is -0.0378. The highest BCUT2D eigenvalue weighted by atomic mass is 16.4. The summed E-state index contributed by atoms with van der Waals surface area (Å²) < 4.78 is 1.26. The summed E-state index contributed by atoms with van der Waals surface area (Å²) in [6.07, 6.45) is 2.55. The predicted molar refractivity (Wildman–Crippen MR) is 53.7 cm³/mol. The molecule has 2 heterocycles. The average molecular weight is 220 g/mol. The largest absolute Gasteiger partial charge is 0.478 e. The van der Waals surface area contributed by atoms with Gasteiger partial charge in [-0.25, -0.2) is 14.5 Å². The minimum Gasteiger partial charge on any atom is -0.478 e. The van der Waals surface area contributed by atoms with E-state index >= 15 is 0 Å². The molecule has 2 aromatic heterocycles. The third-order valence-electron chi connectivity index (χ3n) is 2.03. The third kappa shape index (κ3) is 1.70. The maximum Gasteiger partial charge on any atom is 0.339 e. The molecule has 0 saturated heterocycles.